The van der Waals surface area contributed by atoms with Gasteiger partial charge in [0, 0.05) is 5.92 Å². The van der Waals surface area contributed by atoms with Gasteiger partial charge in [0.15, 0.2) is 0 Å². The Hall–Kier alpha value is -0.860. The van der Waals surface area contributed by atoms with Crippen molar-refractivity contribution >= 4 is 11.8 Å². The van der Waals surface area contributed by atoms with Gasteiger partial charge in [-0.15, -0.1) is 0 Å². The minimum atomic E-state index is -0.802. The van der Waals surface area contributed by atoms with Crippen LogP contribution in [0.1, 0.15) is 33.1 Å². The Labute approximate surface area is 71.8 Å². The van der Waals surface area contributed by atoms with E-state index in [1.807, 2.05) is 6.92 Å². The van der Waals surface area contributed by atoms with Gasteiger partial charge in [-0.25, -0.2) is 0 Å². The molecule has 0 radical (unpaired) electrons. The topological polar surface area (TPSA) is 54.4 Å². The Balaban J connectivity index is 2.60. The molecule has 0 amide bonds. The van der Waals surface area contributed by atoms with Crippen LogP contribution in [0.4, 0.5) is 0 Å². The molecular formula is C9H14O3. The van der Waals surface area contributed by atoms with Crippen molar-refractivity contribution in [2.24, 2.45) is 11.3 Å². The molecule has 1 saturated carbocycles. The average Bonchev–Trinajstić information content (AvgIpc) is 1.82. The lowest BCUT2D eigenvalue weighted by Crippen LogP contribution is -2.43. The molecule has 68 valence electrons. The fourth-order valence-electron chi connectivity index (χ4n) is 2.03. The molecule has 0 spiro atoms. The van der Waals surface area contributed by atoms with Crippen molar-refractivity contribution in [2.75, 3.05) is 0 Å². The predicted octanol–water partition coefficient (Wildman–Crippen LogP) is 1.47. The van der Waals surface area contributed by atoms with Crippen LogP contribution in [0.3, 0.4) is 0 Å². The first-order valence-electron chi connectivity index (χ1n) is 4.18. The minimum Gasteiger partial charge on any atom is -0.481 e. The number of hydrogen-bond donors (Lipinski definition) is 1. The highest BCUT2D eigenvalue weighted by Gasteiger charge is 2.46. The summed E-state index contributed by atoms with van der Waals surface area (Å²) in [6.45, 7) is 3.43. The van der Waals surface area contributed by atoms with E-state index in [1.54, 1.807) is 6.92 Å². The maximum Gasteiger partial charge on any atom is 0.303 e. The minimum absolute atomic E-state index is 0.0198. The highest BCUT2D eigenvalue weighted by atomic mass is 16.4. The lowest BCUT2D eigenvalue weighted by molar-refractivity contribution is -0.145. The van der Waals surface area contributed by atoms with E-state index in [1.165, 1.54) is 0 Å². The third-order valence-corrected chi connectivity index (χ3v) is 2.89. The molecule has 1 N–H and O–H groups in total. The lowest BCUT2D eigenvalue weighted by atomic mass is 9.58. The Morgan fingerprint density at radius 1 is 1.58 bits per heavy atom. The summed E-state index contributed by atoms with van der Waals surface area (Å²) >= 11 is 0. The second kappa shape index (κ2) is 2.88. The molecule has 1 rings (SSSR count). The summed E-state index contributed by atoms with van der Waals surface area (Å²) in [5, 5.41) is 8.60. The molecule has 0 aromatic carbocycles. The molecule has 0 aromatic rings. The van der Waals surface area contributed by atoms with Gasteiger partial charge in [0.25, 0.3) is 0 Å². The molecule has 3 heteroatoms. The Bertz CT molecular complexity index is 222. The normalized spacial score (nSPS) is 34.0. The monoisotopic (exact) mass is 170 g/mol. The van der Waals surface area contributed by atoms with E-state index < -0.39 is 5.97 Å². The van der Waals surface area contributed by atoms with Gasteiger partial charge in [-0.2, -0.15) is 0 Å². The van der Waals surface area contributed by atoms with Crippen LogP contribution in [0.2, 0.25) is 0 Å². The Morgan fingerprint density at radius 2 is 2.17 bits per heavy atom. The van der Waals surface area contributed by atoms with E-state index in [0.717, 1.165) is 12.8 Å². The second-order valence-electron chi connectivity index (χ2n) is 3.93. The van der Waals surface area contributed by atoms with Crippen LogP contribution in [-0.2, 0) is 9.59 Å². The van der Waals surface area contributed by atoms with Crippen LogP contribution in [-0.4, -0.2) is 16.9 Å². The molecule has 0 heterocycles. The number of aliphatic carboxylic acids is 1. The summed E-state index contributed by atoms with van der Waals surface area (Å²) in [5.41, 5.74) is -0.266. The van der Waals surface area contributed by atoms with E-state index in [9.17, 15) is 9.59 Å². The van der Waals surface area contributed by atoms with E-state index in [2.05, 4.69) is 0 Å². The van der Waals surface area contributed by atoms with E-state index >= 15 is 0 Å². The highest BCUT2D eigenvalue weighted by Crippen LogP contribution is 2.49. The van der Waals surface area contributed by atoms with Gasteiger partial charge >= 0.3 is 5.97 Å². The third kappa shape index (κ3) is 1.49. The van der Waals surface area contributed by atoms with Gasteiger partial charge in [0.2, 0.25) is 0 Å². The van der Waals surface area contributed by atoms with Crippen LogP contribution in [0.5, 0.6) is 0 Å². The quantitative estimate of drug-likeness (QED) is 0.697. The molecule has 0 bridgehead atoms. The summed E-state index contributed by atoms with van der Waals surface area (Å²) in [7, 11) is 0. The van der Waals surface area contributed by atoms with Crippen LogP contribution >= 0.6 is 0 Å². The number of carboxylic acid groups (broad SMARTS) is 1. The van der Waals surface area contributed by atoms with Gasteiger partial charge in [-0.1, -0.05) is 6.92 Å². The number of hydrogen-bond acceptors (Lipinski definition) is 2. The molecule has 1 fully saturated rings. The average molecular weight is 170 g/mol. The van der Waals surface area contributed by atoms with Gasteiger partial charge in [0.1, 0.15) is 5.78 Å². The fourth-order valence-corrected chi connectivity index (χ4v) is 2.03. The second-order valence-corrected chi connectivity index (χ2v) is 3.93. The molecule has 0 aromatic heterocycles. The largest absolute Gasteiger partial charge is 0.481 e. The highest BCUT2D eigenvalue weighted by molar-refractivity contribution is 5.81. The molecule has 2 atom stereocenters. The molecule has 0 aliphatic heterocycles. The molecule has 12 heavy (non-hydrogen) atoms. The van der Waals surface area contributed by atoms with Crippen molar-refractivity contribution in [2.45, 2.75) is 33.1 Å². The maximum atomic E-state index is 11.0. The van der Waals surface area contributed by atoms with Crippen LogP contribution in [0.15, 0.2) is 0 Å². The zero-order chi connectivity index (χ0) is 9.35. The first-order valence-corrected chi connectivity index (χ1v) is 4.18. The van der Waals surface area contributed by atoms with E-state index in [0.29, 0.717) is 0 Å². The molecule has 2 unspecified atom stereocenters. The summed E-state index contributed by atoms with van der Waals surface area (Å²) in [6, 6.07) is 0. The first-order chi connectivity index (χ1) is 5.46. The number of rotatable bonds is 3. The number of carboxylic acids is 1. The predicted molar refractivity (Wildman–Crippen MR) is 43.8 cm³/mol. The van der Waals surface area contributed by atoms with Crippen molar-refractivity contribution in [1.29, 1.82) is 0 Å². The Kier molecular flexibility index (Phi) is 2.22. The maximum absolute atomic E-state index is 11.0. The number of carbonyl (C=O) groups excluding carboxylic acids is 1. The van der Waals surface area contributed by atoms with Crippen molar-refractivity contribution < 1.29 is 14.7 Å². The molecule has 3 nitrogen and oxygen atoms in total. The summed E-state index contributed by atoms with van der Waals surface area (Å²) in [4.78, 5) is 21.5. The zero-order valence-electron chi connectivity index (χ0n) is 7.46. The van der Waals surface area contributed by atoms with Crippen molar-refractivity contribution in [3.05, 3.63) is 0 Å². The SMILES string of the molecule is CC(=O)C1CCC1(C)CC(=O)O. The first kappa shape index (κ1) is 9.23. The summed E-state index contributed by atoms with van der Waals surface area (Å²) in [5.74, 6) is -0.693. The fraction of sp³-hybridized carbons (Fsp3) is 0.778. The zero-order valence-corrected chi connectivity index (χ0v) is 7.46. The van der Waals surface area contributed by atoms with Crippen molar-refractivity contribution in [3.63, 3.8) is 0 Å². The number of ketones is 1. The van der Waals surface area contributed by atoms with E-state index in [4.69, 9.17) is 5.11 Å². The van der Waals surface area contributed by atoms with Gasteiger partial charge in [-0.3, -0.25) is 9.59 Å². The number of carbonyl (C=O) groups is 2. The number of Topliss-reactive ketones (excluding diaryl/α,β-unsaturated/α-hetero) is 1. The molecule has 1 aliphatic carbocycles. The lowest BCUT2D eigenvalue weighted by Gasteiger charge is -2.44. The standard InChI is InChI=1S/C9H14O3/c1-6(10)7-3-4-9(7,2)5-8(11)12/h7H,3-5H2,1-2H3,(H,11,12). The van der Waals surface area contributed by atoms with Gasteiger partial charge in [-0.05, 0) is 25.2 Å². The summed E-state index contributed by atoms with van der Waals surface area (Å²) in [6.07, 6.45) is 1.85. The smallest absolute Gasteiger partial charge is 0.303 e. The van der Waals surface area contributed by atoms with Gasteiger partial charge in [0.05, 0.1) is 6.42 Å². The Morgan fingerprint density at radius 3 is 2.42 bits per heavy atom. The summed E-state index contributed by atoms with van der Waals surface area (Å²) < 4.78 is 0. The van der Waals surface area contributed by atoms with Gasteiger partial charge < -0.3 is 5.11 Å². The van der Waals surface area contributed by atoms with Crippen molar-refractivity contribution in [1.82, 2.24) is 0 Å². The molecule has 0 saturated heterocycles. The molecular weight excluding hydrogens is 156 g/mol. The third-order valence-electron chi connectivity index (χ3n) is 2.89. The van der Waals surface area contributed by atoms with Crippen LogP contribution in [0.25, 0.3) is 0 Å². The molecule has 1 aliphatic rings. The van der Waals surface area contributed by atoms with Crippen LogP contribution < -0.4 is 0 Å². The van der Waals surface area contributed by atoms with Crippen LogP contribution in [0, 0.1) is 11.3 Å². The van der Waals surface area contributed by atoms with Crippen molar-refractivity contribution in [3.8, 4) is 0 Å². The van der Waals surface area contributed by atoms with E-state index in [-0.39, 0.29) is 23.5 Å².